The minimum absolute atomic E-state index is 0.0648. The SMILES string of the molecule is Cc1ccc(C(=O)COC(C)C(C)C)c(C)c1. The molecular formula is C15H22O2. The van der Waals surface area contributed by atoms with Crippen molar-refractivity contribution < 1.29 is 9.53 Å². The lowest BCUT2D eigenvalue weighted by atomic mass is 10.0. The zero-order chi connectivity index (χ0) is 13.0. The van der Waals surface area contributed by atoms with Gasteiger partial charge >= 0.3 is 0 Å². The molecule has 2 heteroatoms. The Balaban J connectivity index is 2.64. The highest BCUT2D eigenvalue weighted by Crippen LogP contribution is 2.12. The Kier molecular flexibility index (Phi) is 4.88. The second-order valence-electron chi connectivity index (χ2n) is 5.00. The van der Waals surface area contributed by atoms with Crippen molar-refractivity contribution in [3.05, 3.63) is 34.9 Å². The molecule has 0 fully saturated rings. The Morgan fingerprint density at radius 3 is 2.41 bits per heavy atom. The molecule has 0 aromatic heterocycles. The van der Waals surface area contributed by atoms with Crippen LogP contribution in [0.3, 0.4) is 0 Å². The van der Waals surface area contributed by atoms with E-state index in [1.54, 1.807) is 0 Å². The van der Waals surface area contributed by atoms with Crippen LogP contribution in [0.15, 0.2) is 18.2 Å². The highest BCUT2D eigenvalue weighted by molar-refractivity contribution is 5.98. The lowest BCUT2D eigenvalue weighted by Crippen LogP contribution is -2.20. The first kappa shape index (κ1) is 13.9. The van der Waals surface area contributed by atoms with Crippen LogP contribution in [0.2, 0.25) is 0 Å². The topological polar surface area (TPSA) is 26.3 Å². The molecule has 0 bridgehead atoms. The van der Waals surface area contributed by atoms with Crippen LogP contribution in [0.5, 0.6) is 0 Å². The van der Waals surface area contributed by atoms with E-state index in [9.17, 15) is 4.79 Å². The third kappa shape index (κ3) is 3.97. The first-order valence-corrected chi connectivity index (χ1v) is 6.14. The Morgan fingerprint density at radius 2 is 1.88 bits per heavy atom. The summed E-state index contributed by atoms with van der Waals surface area (Å²) in [5.74, 6) is 0.497. The van der Waals surface area contributed by atoms with Crippen LogP contribution in [0.25, 0.3) is 0 Å². The summed E-state index contributed by atoms with van der Waals surface area (Å²) in [6.07, 6.45) is 0.115. The molecule has 0 radical (unpaired) electrons. The number of aryl methyl sites for hydroxylation is 2. The summed E-state index contributed by atoms with van der Waals surface area (Å²) in [7, 11) is 0. The Bertz CT molecular complexity index is 394. The van der Waals surface area contributed by atoms with E-state index in [2.05, 4.69) is 13.8 Å². The number of carbonyl (C=O) groups excluding carboxylic acids is 1. The van der Waals surface area contributed by atoms with Crippen LogP contribution in [0.4, 0.5) is 0 Å². The number of carbonyl (C=O) groups is 1. The van der Waals surface area contributed by atoms with Gasteiger partial charge in [0.15, 0.2) is 5.78 Å². The van der Waals surface area contributed by atoms with E-state index in [1.807, 2.05) is 39.0 Å². The van der Waals surface area contributed by atoms with Gasteiger partial charge in [0.1, 0.15) is 6.61 Å². The van der Waals surface area contributed by atoms with Crippen LogP contribution in [-0.2, 0) is 4.74 Å². The summed E-state index contributed by atoms with van der Waals surface area (Å²) in [6, 6.07) is 5.88. The molecule has 0 aliphatic heterocycles. The maximum absolute atomic E-state index is 12.0. The molecule has 2 nitrogen and oxygen atoms in total. The van der Waals surface area contributed by atoms with E-state index < -0.39 is 0 Å². The second-order valence-corrected chi connectivity index (χ2v) is 5.00. The van der Waals surface area contributed by atoms with Crippen molar-refractivity contribution >= 4 is 5.78 Å². The largest absolute Gasteiger partial charge is 0.370 e. The van der Waals surface area contributed by atoms with Crippen molar-refractivity contribution in [1.82, 2.24) is 0 Å². The molecule has 1 rings (SSSR count). The summed E-state index contributed by atoms with van der Waals surface area (Å²) in [6.45, 7) is 10.3. The second kappa shape index (κ2) is 5.97. The zero-order valence-corrected chi connectivity index (χ0v) is 11.4. The van der Waals surface area contributed by atoms with Gasteiger partial charge in [-0.3, -0.25) is 4.79 Å². The van der Waals surface area contributed by atoms with E-state index in [0.29, 0.717) is 5.92 Å². The maximum Gasteiger partial charge on any atom is 0.188 e. The van der Waals surface area contributed by atoms with Gasteiger partial charge in [0, 0.05) is 5.56 Å². The summed E-state index contributed by atoms with van der Waals surface area (Å²) in [5, 5.41) is 0. The fourth-order valence-electron chi connectivity index (χ4n) is 1.60. The van der Waals surface area contributed by atoms with E-state index >= 15 is 0 Å². The Hall–Kier alpha value is -1.15. The smallest absolute Gasteiger partial charge is 0.188 e. The van der Waals surface area contributed by atoms with Crippen LogP contribution < -0.4 is 0 Å². The Labute approximate surface area is 104 Å². The molecule has 94 valence electrons. The van der Waals surface area contributed by atoms with Gasteiger partial charge in [-0.15, -0.1) is 0 Å². The van der Waals surface area contributed by atoms with Crippen molar-refractivity contribution in [3.8, 4) is 0 Å². The summed E-state index contributed by atoms with van der Waals surface area (Å²) in [5.41, 5.74) is 2.97. The quantitative estimate of drug-likeness (QED) is 0.728. The van der Waals surface area contributed by atoms with Gasteiger partial charge in [-0.1, -0.05) is 37.6 Å². The van der Waals surface area contributed by atoms with Crippen LogP contribution >= 0.6 is 0 Å². The van der Waals surface area contributed by atoms with E-state index in [0.717, 1.165) is 11.1 Å². The van der Waals surface area contributed by atoms with Crippen LogP contribution in [0, 0.1) is 19.8 Å². The van der Waals surface area contributed by atoms with Crippen molar-refractivity contribution in [2.75, 3.05) is 6.61 Å². The van der Waals surface area contributed by atoms with Gasteiger partial charge in [-0.25, -0.2) is 0 Å². The molecule has 0 N–H and O–H groups in total. The predicted molar refractivity (Wildman–Crippen MR) is 70.5 cm³/mol. The van der Waals surface area contributed by atoms with Crippen molar-refractivity contribution in [2.45, 2.75) is 40.7 Å². The van der Waals surface area contributed by atoms with Gasteiger partial charge in [-0.05, 0) is 32.3 Å². The van der Waals surface area contributed by atoms with E-state index in [1.165, 1.54) is 5.56 Å². The molecule has 0 saturated heterocycles. The summed E-state index contributed by atoms with van der Waals surface area (Å²) < 4.78 is 5.56. The minimum atomic E-state index is 0.0648. The fraction of sp³-hybridized carbons (Fsp3) is 0.533. The molecule has 1 aromatic carbocycles. The monoisotopic (exact) mass is 234 g/mol. The predicted octanol–water partition coefficient (Wildman–Crippen LogP) is 3.55. The minimum Gasteiger partial charge on any atom is -0.370 e. The molecule has 0 amide bonds. The van der Waals surface area contributed by atoms with Crippen LogP contribution in [-0.4, -0.2) is 18.5 Å². The molecule has 1 atom stereocenters. The first-order chi connectivity index (χ1) is 7.91. The molecular weight excluding hydrogens is 212 g/mol. The van der Waals surface area contributed by atoms with Gasteiger partial charge in [0.25, 0.3) is 0 Å². The van der Waals surface area contributed by atoms with Crippen molar-refractivity contribution in [2.24, 2.45) is 5.92 Å². The number of Topliss-reactive ketones (excluding diaryl/α,β-unsaturated/α-hetero) is 1. The first-order valence-electron chi connectivity index (χ1n) is 6.14. The number of benzene rings is 1. The lowest BCUT2D eigenvalue weighted by molar-refractivity contribution is 0.0336. The van der Waals surface area contributed by atoms with Gasteiger partial charge in [0.05, 0.1) is 6.10 Å². The van der Waals surface area contributed by atoms with E-state index in [4.69, 9.17) is 4.74 Å². The standard InChI is InChI=1S/C15H22O2/c1-10(2)13(5)17-9-15(16)14-7-6-11(3)8-12(14)4/h6-8,10,13H,9H2,1-5H3. The van der Waals surface area contributed by atoms with Crippen LogP contribution in [0.1, 0.15) is 42.3 Å². The zero-order valence-electron chi connectivity index (χ0n) is 11.4. The van der Waals surface area contributed by atoms with Gasteiger partial charge in [-0.2, -0.15) is 0 Å². The number of hydrogen-bond donors (Lipinski definition) is 0. The third-order valence-electron chi connectivity index (χ3n) is 3.10. The molecule has 0 aliphatic carbocycles. The number of hydrogen-bond acceptors (Lipinski definition) is 2. The third-order valence-corrected chi connectivity index (χ3v) is 3.10. The maximum atomic E-state index is 12.0. The molecule has 0 heterocycles. The average molecular weight is 234 g/mol. The molecule has 0 aliphatic rings. The highest BCUT2D eigenvalue weighted by atomic mass is 16.5. The molecule has 0 saturated carbocycles. The van der Waals surface area contributed by atoms with Crippen molar-refractivity contribution in [1.29, 1.82) is 0 Å². The molecule has 1 unspecified atom stereocenters. The highest BCUT2D eigenvalue weighted by Gasteiger charge is 2.13. The molecule has 17 heavy (non-hydrogen) atoms. The fourth-order valence-corrected chi connectivity index (χ4v) is 1.60. The number of ether oxygens (including phenoxy) is 1. The van der Waals surface area contributed by atoms with E-state index in [-0.39, 0.29) is 18.5 Å². The number of ketones is 1. The summed E-state index contributed by atoms with van der Waals surface area (Å²) in [4.78, 5) is 12.0. The normalized spacial score (nSPS) is 12.8. The molecule has 1 aromatic rings. The lowest BCUT2D eigenvalue weighted by Gasteiger charge is -2.16. The number of rotatable bonds is 5. The van der Waals surface area contributed by atoms with Gasteiger partial charge in [0.2, 0.25) is 0 Å². The average Bonchev–Trinajstić information content (AvgIpc) is 2.25. The Morgan fingerprint density at radius 1 is 1.24 bits per heavy atom. The molecule has 0 spiro atoms. The summed E-state index contributed by atoms with van der Waals surface area (Å²) >= 11 is 0. The van der Waals surface area contributed by atoms with Crippen molar-refractivity contribution in [3.63, 3.8) is 0 Å². The van der Waals surface area contributed by atoms with Gasteiger partial charge < -0.3 is 4.74 Å².